The Balaban J connectivity index is 1.93. The number of sulfonamides is 1. The van der Waals surface area contributed by atoms with E-state index in [1.165, 1.54) is 0 Å². The van der Waals surface area contributed by atoms with Gasteiger partial charge in [0.25, 0.3) is 0 Å². The van der Waals surface area contributed by atoms with Gasteiger partial charge in [-0.25, -0.2) is 8.42 Å². The number of rotatable bonds is 5. The van der Waals surface area contributed by atoms with E-state index in [1.54, 1.807) is 23.1 Å². The van der Waals surface area contributed by atoms with E-state index >= 15 is 0 Å². The predicted octanol–water partition coefficient (Wildman–Crippen LogP) is 4.17. The van der Waals surface area contributed by atoms with Gasteiger partial charge in [-0.05, 0) is 50.8 Å². The molecule has 1 aliphatic heterocycles. The SMILES string of the molecule is CC(C)CN1C(=O)C(C)(C)COc2ccc(NS(=O)(=O)C3CCCCC3)cc21. The minimum absolute atomic E-state index is 0.00719. The van der Waals surface area contributed by atoms with Crippen LogP contribution in [0.5, 0.6) is 5.75 Å². The van der Waals surface area contributed by atoms with Crippen molar-refractivity contribution in [2.75, 3.05) is 22.8 Å². The topological polar surface area (TPSA) is 75.7 Å². The maximum absolute atomic E-state index is 13.1. The lowest BCUT2D eigenvalue weighted by atomic mass is 9.92. The van der Waals surface area contributed by atoms with Gasteiger partial charge in [-0.1, -0.05) is 33.1 Å². The first-order valence-corrected chi connectivity index (χ1v) is 11.8. The van der Waals surface area contributed by atoms with Crippen molar-refractivity contribution in [1.29, 1.82) is 0 Å². The fourth-order valence-electron chi connectivity index (χ4n) is 3.88. The Hall–Kier alpha value is -1.76. The molecule has 1 N–H and O–H groups in total. The Bertz CT molecular complexity index is 827. The third kappa shape index (κ3) is 4.45. The number of anilines is 2. The Kier molecular flexibility index (Phi) is 5.94. The molecular formula is C21H32N2O4S. The normalized spacial score (nSPS) is 20.5. The highest BCUT2D eigenvalue weighted by molar-refractivity contribution is 7.93. The maximum atomic E-state index is 13.1. The standard InChI is InChI=1S/C21H32N2O4S/c1-15(2)13-23-18-12-16(22-28(25,26)17-8-6-5-7-9-17)10-11-19(18)27-14-21(3,4)20(23)24/h10-12,15,17,22H,5-9,13-14H2,1-4H3. The second kappa shape index (κ2) is 7.93. The Morgan fingerprint density at radius 3 is 2.54 bits per heavy atom. The molecule has 1 aliphatic carbocycles. The molecule has 0 spiro atoms. The Morgan fingerprint density at radius 1 is 1.21 bits per heavy atom. The van der Waals surface area contributed by atoms with E-state index in [9.17, 15) is 13.2 Å². The van der Waals surface area contributed by atoms with E-state index in [-0.39, 0.29) is 17.1 Å². The van der Waals surface area contributed by atoms with Gasteiger partial charge in [-0.15, -0.1) is 0 Å². The average molecular weight is 409 g/mol. The summed E-state index contributed by atoms with van der Waals surface area (Å²) in [6.45, 7) is 8.71. The van der Waals surface area contributed by atoms with E-state index < -0.39 is 15.4 Å². The molecule has 0 bridgehead atoms. The minimum Gasteiger partial charge on any atom is -0.490 e. The number of ether oxygens (including phenoxy) is 1. The van der Waals surface area contributed by atoms with Crippen LogP contribution in [0.15, 0.2) is 18.2 Å². The van der Waals surface area contributed by atoms with Crippen LogP contribution in [0.25, 0.3) is 0 Å². The van der Waals surface area contributed by atoms with Gasteiger partial charge < -0.3 is 9.64 Å². The molecule has 0 saturated heterocycles. The highest BCUT2D eigenvalue weighted by Crippen LogP contribution is 2.39. The predicted molar refractivity (Wildman–Crippen MR) is 112 cm³/mol. The quantitative estimate of drug-likeness (QED) is 0.793. The molecule has 0 radical (unpaired) electrons. The number of benzene rings is 1. The van der Waals surface area contributed by atoms with E-state index in [1.807, 2.05) is 13.8 Å². The number of hydrogen-bond donors (Lipinski definition) is 1. The molecule has 156 valence electrons. The second-order valence-corrected chi connectivity index (χ2v) is 11.0. The summed E-state index contributed by atoms with van der Waals surface area (Å²) >= 11 is 0. The summed E-state index contributed by atoms with van der Waals surface area (Å²) in [5.41, 5.74) is 0.470. The van der Waals surface area contributed by atoms with Crippen LogP contribution < -0.4 is 14.4 Å². The molecule has 0 atom stereocenters. The van der Waals surface area contributed by atoms with E-state index in [0.717, 1.165) is 19.3 Å². The number of hydrogen-bond acceptors (Lipinski definition) is 4. The number of nitrogens with zero attached hydrogens (tertiary/aromatic N) is 1. The molecule has 3 rings (SSSR count). The summed E-state index contributed by atoms with van der Waals surface area (Å²) in [5.74, 6) is 0.876. The molecule has 1 amide bonds. The van der Waals surface area contributed by atoms with E-state index in [0.29, 0.717) is 43.1 Å². The molecule has 1 aromatic carbocycles. The van der Waals surface area contributed by atoms with E-state index in [2.05, 4.69) is 18.6 Å². The maximum Gasteiger partial charge on any atom is 0.236 e. The highest BCUT2D eigenvalue weighted by Gasteiger charge is 2.38. The molecule has 1 fully saturated rings. The lowest BCUT2D eigenvalue weighted by molar-refractivity contribution is -0.127. The molecule has 0 aromatic heterocycles. The third-order valence-corrected chi connectivity index (χ3v) is 7.33. The van der Waals surface area contributed by atoms with Gasteiger partial charge in [0.05, 0.1) is 22.0 Å². The van der Waals surface area contributed by atoms with Crippen molar-refractivity contribution in [3.05, 3.63) is 18.2 Å². The third-order valence-electron chi connectivity index (χ3n) is 5.46. The van der Waals surface area contributed by atoms with Crippen LogP contribution in [0.2, 0.25) is 0 Å². The van der Waals surface area contributed by atoms with Gasteiger partial charge in [-0.2, -0.15) is 0 Å². The summed E-state index contributed by atoms with van der Waals surface area (Å²) in [5, 5.41) is -0.344. The van der Waals surface area contributed by atoms with Crippen molar-refractivity contribution < 1.29 is 17.9 Å². The zero-order chi connectivity index (χ0) is 20.5. The van der Waals surface area contributed by atoms with Crippen LogP contribution in [0.3, 0.4) is 0 Å². The summed E-state index contributed by atoms with van der Waals surface area (Å²) in [7, 11) is -3.44. The van der Waals surface area contributed by atoms with Gasteiger partial charge in [-0.3, -0.25) is 9.52 Å². The number of nitrogens with one attached hydrogen (secondary N) is 1. The zero-order valence-electron chi connectivity index (χ0n) is 17.3. The second-order valence-electron chi connectivity index (χ2n) is 9.07. The van der Waals surface area contributed by atoms with Gasteiger partial charge >= 0.3 is 0 Å². The first kappa shape index (κ1) is 21.0. The fourth-order valence-corrected chi connectivity index (χ4v) is 5.45. The first-order valence-electron chi connectivity index (χ1n) is 10.2. The summed E-state index contributed by atoms with van der Waals surface area (Å²) in [6.07, 6.45) is 4.42. The van der Waals surface area contributed by atoms with Gasteiger partial charge in [0.2, 0.25) is 15.9 Å². The Morgan fingerprint density at radius 2 is 1.89 bits per heavy atom. The number of amides is 1. The molecule has 1 saturated carbocycles. The average Bonchev–Trinajstić information content (AvgIpc) is 2.72. The molecule has 2 aliphatic rings. The van der Waals surface area contributed by atoms with Gasteiger partial charge in [0.1, 0.15) is 12.4 Å². The molecule has 6 nitrogen and oxygen atoms in total. The molecular weight excluding hydrogens is 376 g/mol. The largest absolute Gasteiger partial charge is 0.490 e. The number of carbonyl (C=O) groups is 1. The molecule has 28 heavy (non-hydrogen) atoms. The zero-order valence-corrected chi connectivity index (χ0v) is 18.1. The molecule has 1 heterocycles. The monoisotopic (exact) mass is 408 g/mol. The van der Waals surface area contributed by atoms with Crippen molar-refractivity contribution in [2.45, 2.75) is 65.0 Å². The van der Waals surface area contributed by atoms with Crippen molar-refractivity contribution in [2.24, 2.45) is 11.3 Å². The fraction of sp³-hybridized carbons (Fsp3) is 0.667. The lowest BCUT2D eigenvalue weighted by Crippen LogP contribution is -2.43. The Labute approximate surface area is 168 Å². The number of fused-ring (bicyclic) bond motifs is 1. The van der Waals surface area contributed by atoms with Crippen LogP contribution >= 0.6 is 0 Å². The minimum atomic E-state index is -3.44. The summed E-state index contributed by atoms with van der Waals surface area (Å²) in [6, 6.07) is 5.21. The molecule has 1 aromatic rings. The van der Waals surface area contributed by atoms with E-state index in [4.69, 9.17) is 4.74 Å². The highest BCUT2D eigenvalue weighted by atomic mass is 32.2. The smallest absolute Gasteiger partial charge is 0.236 e. The van der Waals surface area contributed by atoms with Crippen molar-refractivity contribution in [1.82, 2.24) is 0 Å². The number of carbonyl (C=O) groups excluding carboxylic acids is 1. The van der Waals surface area contributed by atoms with Gasteiger partial charge in [0.15, 0.2) is 0 Å². The lowest BCUT2D eigenvalue weighted by Gasteiger charge is -2.29. The summed E-state index contributed by atoms with van der Waals surface area (Å²) < 4.78 is 34.2. The van der Waals surface area contributed by atoms with Crippen molar-refractivity contribution in [3.8, 4) is 5.75 Å². The summed E-state index contributed by atoms with van der Waals surface area (Å²) in [4.78, 5) is 14.9. The van der Waals surface area contributed by atoms with Gasteiger partial charge in [0, 0.05) is 6.54 Å². The van der Waals surface area contributed by atoms with Crippen LogP contribution in [-0.4, -0.2) is 32.7 Å². The first-order chi connectivity index (χ1) is 13.1. The molecule has 0 unspecified atom stereocenters. The molecule has 7 heteroatoms. The van der Waals surface area contributed by atoms with Crippen LogP contribution in [0.4, 0.5) is 11.4 Å². The van der Waals surface area contributed by atoms with Crippen molar-refractivity contribution >= 4 is 27.3 Å². The van der Waals surface area contributed by atoms with Crippen LogP contribution in [0, 0.1) is 11.3 Å². The van der Waals surface area contributed by atoms with Crippen molar-refractivity contribution in [3.63, 3.8) is 0 Å². The van der Waals surface area contributed by atoms with Crippen LogP contribution in [0.1, 0.15) is 59.8 Å². The van der Waals surface area contributed by atoms with Crippen LogP contribution in [-0.2, 0) is 14.8 Å².